The van der Waals surface area contributed by atoms with E-state index in [9.17, 15) is 9.59 Å². The largest absolute Gasteiger partial charge is 0.497 e. The van der Waals surface area contributed by atoms with Gasteiger partial charge in [0.1, 0.15) is 22.5 Å². The van der Waals surface area contributed by atoms with Gasteiger partial charge in [0.2, 0.25) is 0 Å². The molecule has 4 aromatic rings. The van der Waals surface area contributed by atoms with E-state index in [0.717, 1.165) is 0 Å². The second kappa shape index (κ2) is 5.31. The lowest BCUT2D eigenvalue weighted by Gasteiger charge is -2.03. The molecule has 4 rings (SSSR count). The van der Waals surface area contributed by atoms with Gasteiger partial charge in [-0.3, -0.25) is 14.7 Å². The highest BCUT2D eigenvalue weighted by molar-refractivity contribution is 5.77. The van der Waals surface area contributed by atoms with E-state index in [1.165, 1.54) is 17.0 Å². The van der Waals surface area contributed by atoms with Gasteiger partial charge in [-0.05, 0) is 36.4 Å². The maximum absolute atomic E-state index is 12.6. The topological polar surface area (TPSA) is 93.0 Å². The van der Waals surface area contributed by atoms with Crippen LogP contribution in [0.25, 0.3) is 28.2 Å². The Morgan fingerprint density at radius 3 is 2.58 bits per heavy atom. The fourth-order valence-electron chi connectivity index (χ4n) is 2.61. The van der Waals surface area contributed by atoms with Gasteiger partial charge in [-0.15, -0.1) is 0 Å². The van der Waals surface area contributed by atoms with Crippen molar-refractivity contribution in [2.24, 2.45) is 0 Å². The molecule has 0 aliphatic carbocycles. The van der Waals surface area contributed by atoms with Gasteiger partial charge >= 0.3 is 0 Å². The normalized spacial score (nSPS) is 11.0. The molecule has 0 aliphatic rings. The van der Waals surface area contributed by atoms with Gasteiger partial charge in [-0.2, -0.15) is 0 Å². The van der Waals surface area contributed by atoms with Crippen LogP contribution in [0.1, 0.15) is 0 Å². The Morgan fingerprint density at radius 2 is 1.92 bits per heavy atom. The Bertz CT molecular complexity index is 1120. The van der Waals surface area contributed by atoms with E-state index < -0.39 is 5.56 Å². The highest BCUT2D eigenvalue weighted by atomic mass is 16.5. The average molecular weight is 323 g/mol. The predicted molar refractivity (Wildman–Crippen MR) is 88.8 cm³/mol. The lowest BCUT2D eigenvalue weighted by molar-refractivity contribution is 0.414. The van der Waals surface area contributed by atoms with Crippen LogP contribution in [-0.2, 0) is 0 Å². The first kappa shape index (κ1) is 14.1. The number of rotatable bonds is 3. The van der Waals surface area contributed by atoms with Crippen LogP contribution in [0.5, 0.6) is 5.75 Å². The molecule has 3 aromatic heterocycles. The molecule has 1 aromatic carbocycles. The number of furan rings is 1. The molecule has 0 saturated heterocycles. The molecule has 0 aliphatic heterocycles. The quantitative estimate of drug-likeness (QED) is 0.605. The first-order valence-electron chi connectivity index (χ1n) is 7.24. The van der Waals surface area contributed by atoms with Crippen molar-refractivity contribution in [2.75, 3.05) is 7.11 Å². The van der Waals surface area contributed by atoms with Crippen molar-refractivity contribution >= 4 is 11.0 Å². The summed E-state index contributed by atoms with van der Waals surface area (Å²) in [6.07, 6.45) is 1.52. The van der Waals surface area contributed by atoms with Gasteiger partial charge < -0.3 is 14.1 Å². The van der Waals surface area contributed by atoms with Gasteiger partial charge in [0.15, 0.2) is 5.43 Å². The van der Waals surface area contributed by atoms with Crippen molar-refractivity contribution < 1.29 is 9.15 Å². The number of nitrogens with one attached hydrogen (secondary N) is 2. The van der Waals surface area contributed by atoms with Crippen LogP contribution in [-0.4, -0.2) is 21.9 Å². The van der Waals surface area contributed by atoms with Crippen LogP contribution in [0, 0.1) is 0 Å². The zero-order chi connectivity index (χ0) is 16.7. The van der Waals surface area contributed by atoms with Crippen molar-refractivity contribution in [3.05, 3.63) is 69.3 Å². The van der Waals surface area contributed by atoms with Crippen molar-refractivity contribution in [3.8, 4) is 22.9 Å². The Morgan fingerprint density at radius 1 is 1.12 bits per heavy atom. The number of nitrogens with zero attached hydrogens (tertiary/aromatic N) is 1. The first-order chi connectivity index (χ1) is 11.7. The molecule has 3 heterocycles. The summed E-state index contributed by atoms with van der Waals surface area (Å²) >= 11 is 0. The lowest BCUT2D eigenvalue weighted by atomic mass is 10.2. The molecule has 0 atom stereocenters. The van der Waals surface area contributed by atoms with E-state index in [1.807, 2.05) is 0 Å². The molecule has 0 amide bonds. The number of pyridine rings is 1. The van der Waals surface area contributed by atoms with Crippen molar-refractivity contribution in [1.29, 1.82) is 0 Å². The summed E-state index contributed by atoms with van der Waals surface area (Å²) in [5.41, 5.74) is 0.658. The third kappa shape index (κ3) is 2.14. The SMILES string of the molecule is COc1ccc(-n2[nH]c3[nH]c(-c4ccco4)cc(=O)c3c2=O)cc1. The van der Waals surface area contributed by atoms with E-state index in [-0.39, 0.29) is 10.8 Å². The van der Waals surface area contributed by atoms with Crippen LogP contribution in [0.3, 0.4) is 0 Å². The third-order valence-corrected chi connectivity index (χ3v) is 3.79. The van der Waals surface area contributed by atoms with Crippen LogP contribution in [0.2, 0.25) is 0 Å². The fourth-order valence-corrected chi connectivity index (χ4v) is 2.61. The molecular formula is C17H13N3O4. The molecule has 0 unspecified atom stereocenters. The molecule has 7 heteroatoms. The van der Waals surface area contributed by atoms with Gasteiger partial charge in [-0.1, -0.05) is 0 Å². The summed E-state index contributed by atoms with van der Waals surface area (Å²) in [7, 11) is 1.57. The van der Waals surface area contributed by atoms with E-state index in [2.05, 4.69) is 10.1 Å². The first-order valence-corrected chi connectivity index (χ1v) is 7.24. The zero-order valence-corrected chi connectivity index (χ0v) is 12.7. The van der Waals surface area contributed by atoms with Crippen LogP contribution in [0.4, 0.5) is 0 Å². The van der Waals surface area contributed by atoms with Crippen molar-refractivity contribution in [3.63, 3.8) is 0 Å². The zero-order valence-electron chi connectivity index (χ0n) is 12.7. The Labute approximate surface area is 135 Å². The minimum atomic E-state index is -0.414. The highest BCUT2D eigenvalue weighted by Gasteiger charge is 2.14. The van der Waals surface area contributed by atoms with Gasteiger partial charge in [0.05, 0.1) is 24.8 Å². The molecule has 7 nitrogen and oxygen atoms in total. The number of aromatic amines is 2. The third-order valence-electron chi connectivity index (χ3n) is 3.79. The molecule has 0 radical (unpaired) electrons. The minimum absolute atomic E-state index is 0.0705. The number of hydrogen-bond acceptors (Lipinski definition) is 4. The van der Waals surface area contributed by atoms with E-state index in [1.54, 1.807) is 43.5 Å². The summed E-state index contributed by atoms with van der Waals surface area (Å²) in [5, 5.41) is 3.00. The molecule has 2 N–H and O–H groups in total. The lowest BCUT2D eigenvalue weighted by Crippen LogP contribution is -2.18. The van der Waals surface area contributed by atoms with Crippen LogP contribution >= 0.6 is 0 Å². The Kier molecular flexibility index (Phi) is 3.13. The summed E-state index contributed by atoms with van der Waals surface area (Å²) in [4.78, 5) is 27.9. The maximum Gasteiger partial charge on any atom is 0.284 e. The van der Waals surface area contributed by atoms with E-state index in [4.69, 9.17) is 9.15 Å². The molecular weight excluding hydrogens is 310 g/mol. The monoisotopic (exact) mass is 323 g/mol. The second-order valence-electron chi connectivity index (χ2n) is 5.22. The summed E-state index contributed by atoms with van der Waals surface area (Å²) < 4.78 is 11.7. The van der Waals surface area contributed by atoms with E-state index >= 15 is 0 Å². The summed E-state index contributed by atoms with van der Waals surface area (Å²) in [6, 6.07) is 11.8. The second-order valence-corrected chi connectivity index (χ2v) is 5.22. The van der Waals surface area contributed by atoms with Gasteiger partial charge in [0, 0.05) is 6.07 Å². The average Bonchev–Trinajstić information content (AvgIpc) is 3.23. The molecule has 120 valence electrons. The Balaban J connectivity index is 1.92. The number of benzene rings is 1. The summed E-state index contributed by atoms with van der Waals surface area (Å²) in [6.45, 7) is 0. The van der Waals surface area contributed by atoms with Gasteiger partial charge in [0.25, 0.3) is 5.56 Å². The fraction of sp³-hybridized carbons (Fsp3) is 0.0588. The number of H-pyrrole nitrogens is 2. The number of fused-ring (bicyclic) bond motifs is 1. The molecule has 24 heavy (non-hydrogen) atoms. The standard InChI is InChI=1S/C17H13N3O4/c1-23-11-6-4-10(5-7-11)20-17(22)15-13(21)9-12(18-16(15)19-20)14-3-2-8-24-14/h2-9H,1H3,(H2,18,19,21). The van der Waals surface area contributed by atoms with Crippen molar-refractivity contribution in [2.45, 2.75) is 0 Å². The molecule has 0 bridgehead atoms. The maximum atomic E-state index is 12.6. The highest BCUT2D eigenvalue weighted by Crippen LogP contribution is 2.18. The molecule has 0 saturated carbocycles. The smallest absolute Gasteiger partial charge is 0.284 e. The Hall–Kier alpha value is -3.48. The van der Waals surface area contributed by atoms with Gasteiger partial charge in [-0.25, -0.2) is 4.68 Å². The summed E-state index contributed by atoms with van der Waals surface area (Å²) in [5.74, 6) is 1.20. The van der Waals surface area contributed by atoms with E-state index in [0.29, 0.717) is 28.5 Å². The number of methoxy groups -OCH3 is 1. The predicted octanol–water partition coefficient (Wildman–Crippen LogP) is 2.28. The molecule has 0 fully saturated rings. The van der Waals surface area contributed by atoms with Crippen molar-refractivity contribution in [1.82, 2.24) is 14.8 Å². The van der Waals surface area contributed by atoms with Crippen LogP contribution in [0.15, 0.2) is 62.7 Å². The number of aromatic nitrogens is 3. The number of hydrogen-bond donors (Lipinski definition) is 2. The minimum Gasteiger partial charge on any atom is -0.497 e. The van der Waals surface area contributed by atoms with Crippen LogP contribution < -0.4 is 15.7 Å². The number of ether oxygens (including phenoxy) is 1. The molecule has 0 spiro atoms.